The summed E-state index contributed by atoms with van der Waals surface area (Å²) >= 11 is 0. The van der Waals surface area contributed by atoms with Crippen LogP contribution in [-0.2, 0) is 9.57 Å². The summed E-state index contributed by atoms with van der Waals surface area (Å²) in [6, 6.07) is 0. The number of hydrogen-bond donors (Lipinski definition) is 1. The molecule has 5 nitrogen and oxygen atoms in total. The van der Waals surface area contributed by atoms with E-state index in [9.17, 15) is 4.79 Å². The van der Waals surface area contributed by atoms with Crippen LogP contribution in [0.5, 0.6) is 0 Å². The second-order valence-electron chi connectivity index (χ2n) is 5.44. The zero-order chi connectivity index (χ0) is 12.9. The molecule has 100 valence electrons. The largest absolute Gasteiger partial charge is 0.528 e. The van der Waals surface area contributed by atoms with Crippen LogP contribution in [0, 0.1) is 5.92 Å². The molecular formula is C12H23NO4. The highest BCUT2D eigenvalue weighted by Gasteiger charge is 2.24. The maximum atomic E-state index is 11.4. The number of carbonyl (C=O) groups excluding carboxylic acids is 1. The van der Waals surface area contributed by atoms with Crippen LogP contribution >= 0.6 is 0 Å². The van der Waals surface area contributed by atoms with Crippen LogP contribution < -0.4 is 0 Å². The highest BCUT2D eigenvalue weighted by Crippen LogP contribution is 2.20. The van der Waals surface area contributed by atoms with Gasteiger partial charge in [-0.25, -0.2) is 4.79 Å². The molecule has 0 aliphatic carbocycles. The Hall–Kier alpha value is -0.810. The van der Waals surface area contributed by atoms with Crippen molar-refractivity contribution < 1.29 is 19.5 Å². The summed E-state index contributed by atoms with van der Waals surface area (Å²) in [6.07, 6.45) is 2.09. The molecule has 5 heteroatoms. The number of ether oxygens (including phenoxy) is 1. The summed E-state index contributed by atoms with van der Waals surface area (Å²) in [4.78, 5) is 16.5. The lowest BCUT2D eigenvalue weighted by atomic mass is 9.95. The Bertz CT molecular complexity index is 241. The van der Waals surface area contributed by atoms with Crippen LogP contribution in [0.15, 0.2) is 0 Å². The van der Waals surface area contributed by atoms with Crippen molar-refractivity contribution in [1.29, 1.82) is 0 Å². The first-order valence-electron chi connectivity index (χ1n) is 6.17. The van der Waals surface area contributed by atoms with E-state index in [-0.39, 0.29) is 6.61 Å². The zero-order valence-electron chi connectivity index (χ0n) is 10.9. The summed E-state index contributed by atoms with van der Waals surface area (Å²) in [5, 5.41) is 10.5. The monoisotopic (exact) mass is 245 g/mol. The van der Waals surface area contributed by atoms with E-state index in [1.165, 1.54) is 0 Å². The zero-order valence-corrected chi connectivity index (χ0v) is 10.9. The topological polar surface area (TPSA) is 59.0 Å². The van der Waals surface area contributed by atoms with Gasteiger partial charge in [0.25, 0.3) is 0 Å². The summed E-state index contributed by atoms with van der Waals surface area (Å²) in [5.41, 5.74) is -0.522. The van der Waals surface area contributed by atoms with Gasteiger partial charge in [0, 0.05) is 19.7 Å². The third-order valence-electron chi connectivity index (χ3n) is 2.70. The highest BCUT2D eigenvalue weighted by atomic mass is 16.8. The summed E-state index contributed by atoms with van der Waals surface area (Å²) in [5.74, 6) is 0.540. The molecule has 1 rings (SSSR count). The molecule has 0 bridgehead atoms. The van der Waals surface area contributed by atoms with Crippen LogP contribution in [0.25, 0.3) is 0 Å². The standard InChI is InChI=1S/C12H23NO4/c1-12(2,3)16-11(15)17-13-7-4-10(5-8-13)6-9-14/h10,14H,4-9H2,1-3H3. The Morgan fingerprint density at radius 3 is 2.41 bits per heavy atom. The molecule has 17 heavy (non-hydrogen) atoms. The van der Waals surface area contributed by atoms with Gasteiger partial charge in [0.05, 0.1) is 0 Å². The third-order valence-corrected chi connectivity index (χ3v) is 2.70. The van der Waals surface area contributed by atoms with Crippen LogP contribution in [-0.4, -0.2) is 41.6 Å². The molecule has 0 unspecified atom stereocenters. The molecule has 1 fully saturated rings. The van der Waals surface area contributed by atoms with Crippen molar-refractivity contribution in [1.82, 2.24) is 5.06 Å². The fourth-order valence-electron chi connectivity index (χ4n) is 1.85. The lowest BCUT2D eigenvalue weighted by molar-refractivity contribution is -0.155. The molecule has 0 aromatic heterocycles. The maximum absolute atomic E-state index is 11.4. The predicted molar refractivity (Wildman–Crippen MR) is 63.3 cm³/mol. The molecule has 1 N–H and O–H groups in total. The van der Waals surface area contributed by atoms with Crippen molar-refractivity contribution >= 4 is 6.16 Å². The summed E-state index contributed by atoms with van der Waals surface area (Å²) in [7, 11) is 0. The van der Waals surface area contributed by atoms with Gasteiger partial charge in [0.1, 0.15) is 5.60 Å². The van der Waals surface area contributed by atoms with Crippen LogP contribution in [0.4, 0.5) is 4.79 Å². The van der Waals surface area contributed by atoms with Crippen molar-refractivity contribution in [3.05, 3.63) is 0 Å². The van der Waals surface area contributed by atoms with Crippen molar-refractivity contribution in [3.63, 3.8) is 0 Å². The minimum absolute atomic E-state index is 0.234. The fraction of sp³-hybridized carbons (Fsp3) is 0.917. The van der Waals surface area contributed by atoms with Gasteiger partial charge < -0.3 is 14.7 Å². The molecule has 0 radical (unpaired) electrons. The smallest absolute Gasteiger partial charge is 0.427 e. The number of aliphatic hydroxyl groups is 1. The van der Waals surface area contributed by atoms with Gasteiger partial charge in [-0.05, 0) is 46.0 Å². The molecule has 0 saturated carbocycles. The van der Waals surface area contributed by atoms with E-state index in [0.717, 1.165) is 19.3 Å². The summed E-state index contributed by atoms with van der Waals surface area (Å²) < 4.78 is 5.07. The van der Waals surface area contributed by atoms with Gasteiger partial charge in [0.15, 0.2) is 0 Å². The molecule has 0 aromatic rings. The Morgan fingerprint density at radius 1 is 1.35 bits per heavy atom. The third kappa shape index (κ3) is 5.89. The number of hydroxylamine groups is 2. The minimum atomic E-state index is -0.641. The van der Waals surface area contributed by atoms with Gasteiger partial charge in [-0.3, -0.25) is 0 Å². The van der Waals surface area contributed by atoms with Crippen molar-refractivity contribution in [3.8, 4) is 0 Å². The van der Waals surface area contributed by atoms with E-state index in [1.807, 2.05) is 20.8 Å². The molecule has 0 spiro atoms. The van der Waals surface area contributed by atoms with Crippen LogP contribution in [0.1, 0.15) is 40.0 Å². The second kappa shape index (κ2) is 6.21. The molecule has 1 aliphatic rings. The highest BCUT2D eigenvalue weighted by molar-refractivity contribution is 5.60. The molecule has 0 aromatic carbocycles. The van der Waals surface area contributed by atoms with Gasteiger partial charge >= 0.3 is 6.16 Å². The number of nitrogens with zero attached hydrogens (tertiary/aromatic N) is 1. The van der Waals surface area contributed by atoms with Crippen LogP contribution in [0.2, 0.25) is 0 Å². The van der Waals surface area contributed by atoms with Gasteiger partial charge in [-0.15, -0.1) is 5.06 Å². The number of aliphatic hydroxyl groups excluding tert-OH is 1. The SMILES string of the molecule is CC(C)(C)OC(=O)ON1CCC(CCO)CC1. The Balaban J connectivity index is 2.24. The average molecular weight is 245 g/mol. The first-order chi connectivity index (χ1) is 7.90. The van der Waals surface area contributed by atoms with Gasteiger partial charge in [-0.2, -0.15) is 0 Å². The van der Waals surface area contributed by atoms with Gasteiger partial charge in [-0.1, -0.05) is 0 Å². The number of rotatable bonds is 3. The number of carbonyl (C=O) groups is 1. The first kappa shape index (κ1) is 14.3. The first-order valence-corrected chi connectivity index (χ1v) is 6.17. The molecule has 1 aliphatic heterocycles. The Kier molecular flexibility index (Phi) is 5.21. The van der Waals surface area contributed by atoms with E-state index in [2.05, 4.69) is 0 Å². The molecule has 1 saturated heterocycles. The van der Waals surface area contributed by atoms with Gasteiger partial charge in [0.2, 0.25) is 0 Å². The number of piperidine rings is 1. The molecule has 0 amide bonds. The average Bonchev–Trinajstić information content (AvgIpc) is 2.18. The van der Waals surface area contributed by atoms with Crippen LogP contribution in [0.3, 0.4) is 0 Å². The van der Waals surface area contributed by atoms with Crippen molar-refractivity contribution in [2.24, 2.45) is 5.92 Å². The van der Waals surface area contributed by atoms with E-state index in [4.69, 9.17) is 14.7 Å². The predicted octanol–water partition coefficient (Wildman–Crippen LogP) is 1.95. The maximum Gasteiger partial charge on any atom is 0.528 e. The lowest BCUT2D eigenvalue weighted by Gasteiger charge is -2.30. The number of hydrogen-bond acceptors (Lipinski definition) is 5. The quantitative estimate of drug-likeness (QED) is 0.770. The molecular weight excluding hydrogens is 222 g/mol. The Labute approximate surface area is 103 Å². The summed E-state index contributed by atoms with van der Waals surface area (Å²) in [6.45, 7) is 7.08. The normalized spacial score (nSPS) is 19.1. The minimum Gasteiger partial charge on any atom is -0.427 e. The molecule has 1 heterocycles. The lowest BCUT2D eigenvalue weighted by Crippen LogP contribution is -2.37. The van der Waals surface area contributed by atoms with E-state index >= 15 is 0 Å². The van der Waals surface area contributed by atoms with E-state index in [0.29, 0.717) is 19.0 Å². The Morgan fingerprint density at radius 2 is 1.94 bits per heavy atom. The van der Waals surface area contributed by atoms with Crippen molar-refractivity contribution in [2.75, 3.05) is 19.7 Å². The fourth-order valence-corrected chi connectivity index (χ4v) is 1.85. The molecule has 0 atom stereocenters. The second-order valence-corrected chi connectivity index (χ2v) is 5.44. The van der Waals surface area contributed by atoms with E-state index < -0.39 is 11.8 Å². The van der Waals surface area contributed by atoms with Crippen molar-refractivity contribution in [2.45, 2.75) is 45.6 Å². The van der Waals surface area contributed by atoms with E-state index in [1.54, 1.807) is 5.06 Å².